The van der Waals surface area contributed by atoms with E-state index in [0.717, 1.165) is 6.07 Å². The van der Waals surface area contributed by atoms with Crippen molar-refractivity contribution in [2.24, 2.45) is 17.6 Å². The van der Waals surface area contributed by atoms with Crippen molar-refractivity contribution in [3.05, 3.63) is 47.8 Å². The van der Waals surface area contributed by atoms with Crippen LogP contribution in [0, 0.1) is 25.5 Å². The molecule has 0 aromatic heterocycles. The molecule has 0 aliphatic heterocycles. The fourth-order valence-corrected chi connectivity index (χ4v) is 6.27. The summed E-state index contributed by atoms with van der Waals surface area (Å²) in [4.78, 5) is 48.0. The predicted octanol–water partition coefficient (Wildman–Crippen LogP) is 0.469. The minimum Gasteiger partial charge on any atom is -0.508 e. The Morgan fingerprint density at radius 1 is 1.30 bits per heavy atom. The molecule has 1 amide bonds. The minimum absolute atomic E-state index is 0.224. The number of nitrogens with zero attached hydrogens (tertiary/aromatic N) is 1. The molecule has 174 valence electrons. The lowest BCUT2D eigenvalue weighted by Crippen LogP contribution is -2.64. The zero-order valence-electron chi connectivity index (χ0n) is 16.8. The van der Waals surface area contributed by atoms with Crippen LogP contribution in [-0.2, 0) is 14.4 Å². The number of rotatable bonds is 2. The normalized spacial score (nSPS) is 31.2. The van der Waals surface area contributed by atoms with Crippen molar-refractivity contribution in [2.75, 3.05) is 0 Å². The Kier molecular flexibility index (Phi) is 5.07. The van der Waals surface area contributed by atoms with Crippen molar-refractivity contribution in [3.63, 3.8) is 0 Å². The highest BCUT2D eigenvalue weighted by atomic mass is 127. The minimum atomic E-state index is -2.96. The lowest BCUT2D eigenvalue weighted by Gasteiger charge is -2.50. The van der Waals surface area contributed by atoms with Crippen LogP contribution in [0.4, 0.5) is 5.69 Å². The standard InChI is InChI=1S/C20H17IN2O10/c1-4-9-6(21)3-7(23(32)33)15(26)12(9)16(27)13-10(4)14(25)5-2-8(24)11(19(22)30)17(28)20(5,31)18(13)29/h3-5,10,14,25-28,31H,2H2,1H3,(H2,22,30)/t4-,5+,10+,14+,20+/m0/s1. The fourth-order valence-electron chi connectivity index (χ4n) is 5.21. The number of ketones is 2. The van der Waals surface area contributed by atoms with E-state index in [1.807, 2.05) is 0 Å². The fraction of sp³-hybridized carbons (Fsp3) is 0.350. The number of aromatic hydroxyl groups is 1. The number of aliphatic hydroxyl groups excluding tert-OH is 3. The second-order valence-electron chi connectivity index (χ2n) is 8.26. The summed E-state index contributed by atoms with van der Waals surface area (Å²) in [5.74, 6) is -10.4. The number of carbonyl (C=O) groups is 3. The summed E-state index contributed by atoms with van der Waals surface area (Å²) >= 11 is 1.76. The zero-order chi connectivity index (χ0) is 24.7. The number of fused-ring (bicyclic) bond motifs is 3. The monoisotopic (exact) mass is 572 g/mol. The average Bonchev–Trinajstić information content (AvgIpc) is 2.72. The van der Waals surface area contributed by atoms with Gasteiger partial charge in [0.05, 0.1) is 16.6 Å². The molecular weight excluding hydrogens is 555 g/mol. The molecule has 1 aromatic carbocycles. The second-order valence-corrected chi connectivity index (χ2v) is 9.42. The first-order valence-electron chi connectivity index (χ1n) is 9.61. The number of phenolic OH excluding ortho intramolecular Hbond substituents is 1. The van der Waals surface area contributed by atoms with Crippen molar-refractivity contribution in [3.8, 4) is 5.75 Å². The number of nitro benzene ring substituents is 1. The third kappa shape index (κ3) is 2.78. The van der Waals surface area contributed by atoms with Gasteiger partial charge in [0, 0.05) is 33.5 Å². The number of benzene rings is 1. The number of hydrogen-bond acceptors (Lipinski definition) is 10. The Morgan fingerprint density at radius 3 is 2.45 bits per heavy atom. The summed E-state index contributed by atoms with van der Waals surface area (Å²) in [7, 11) is 0. The van der Waals surface area contributed by atoms with Gasteiger partial charge in [0.25, 0.3) is 5.91 Å². The molecule has 0 heterocycles. The van der Waals surface area contributed by atoms with E-state index < -0.39 is 97.9 Å². The Balaban J connectivity index is 2.06. The van der Waals surface area contributed by atoms with Crippen LogP contribution in [0.15, 0.2) is 23.0 Å². The molecule has 1 fully saturated rings. The van der Waals surface area contributed by atoms with Gasteiger partial charge in [-0.15, -0.1) is 0 Å². The van der Waals surface area contributed by atoms with E-state index in [1.165, 1.54) is 0 Å². The van der Waals surface area contributed by atoms with Gasteiger partial charge in [-0.1, -0.05) is 6.92 Å². The van der Waals surface area contributed by atoms with Gasteiger partial charge in [-0.2, -0.15) is 0 Å². The smallest absolute Gasteiger partial charge is 0.312 e. The van der Waals surface area contributed by atoms with Crippen LogP contribution in [0.3, 0.4) is 0 Å². The molecule has 5 atom stereocenters. The molecule has 0 spiro atoms. The highest BCUT2D eigenvalue weighted by Crippen LogP contribution is 2.57. The van der Waals surface area contributed by atoms with E-state index in [-0.39, 0.29) is 9.13 Å². The number of amides is 1. The molecule has 3 aliphatic rings. The van der Waals surface area contributed by atoms with Gasteiger partial charge in [0.2, 0.25) is 11.5 Å². The SMILES string of the molecule is C[C@H]1c2c(I)cc([N+](=O)[O-])c(O)c2C(O)=C2C(=O)[C@]3(O)C(O)=C(C(N)=O)C(=O)C[C@@H]3[C@@H](O)[C@@H]21. The molecule has 4 rings (SSSR count). The van der Waals surface area contributed by atoms with Crippen LogP contribution in [0.25, 0.3) is 5.76 Å². The van der Waals surface area contributed by atoms with Crippen LogP contribution in [0.1, 0.15) is 30.4 Å². The Morgan fingerprint density at radius 2 is 1.91 bits per heavy atom. The van der Waals surface area contributed by atoms with E-state index in [9.17, 15) is 50.0 Å². The van der Waals surface area contributed by atoms with E-state index in [1.54, 1.807) is 29.5 Å². The van der Waals surface area contributed by atoms with Crippen molar-refractivity contribution < 1.29 is 44.8 Å². The molecule has 33 heavy (non-hydrogen) atoms. The van der Waals surface area contributed by atoms with Crippen molar-refractivity contribution in [1.82, 2.24) is 0 Å². The van der Waals surface area contributed by atoms with Gasteiger partial charge < -0.3 is 31.3 Å². The summed E-state index contributed by atoms with van der Waals surface area (Å²) in [6.45, 7) is 1.54. The Hall–Kier alpha value is -3.04. The number of carbonyl (C=O) groups excluding carboxylic acids is 3. The molecule has 1 saturated carbocycles. The molecule has 7 N–H and O–H groups in total. The summed E-state index contributed by atoms with van der Waals surface area (Å²) in [5, 5.41) is 65.7. The summed E-state index contributed by atoms with van der Waals surface area (Å²) in [6, 6.07) is 1.08. The topological polar surface area (TPSA) is 222 Å². The van der Waals surface area contributed by atoms with E-state index in [2.05, 4.69) is 0 Å². The summed E-state index contributed by atoms with van der Waals surface area (Å²) in [6.07, 6.45) is -2.35. The zero-order valence-corrected chi connectivity index (χ0v) is 18.9. The molecular formula is C20H17IN2O10. The molecule has 0 saturated heterocycles. The van der Waals surface area contributed by atoms with Crippen LogP contribution in [-0.4, -0.2) is 59.6 Å². The highest BCUT2D eigenvalue weighted by molar-refractivity contribution is 14.1. The van der Waals surface area contributed by atoms with Gasteiger partial charge in [0.1, 0.15) is 17.1 Å². The van der Waals surface area contributed by atoms with Gasteiger partial charge >= 0.3 is 5.69 Å². The average molecular weight is 572 g/mol. The quantitative estimate of drug-likeness (QED) is 0.124. The number of halogens is 1. The maximum absolute atomic E-state index is 13.5. The predicted molar refractivity (Wildman–Crippen MR) is 117 cm³/mol. The molecule has 1 aromatic rings. The maximum Gasteiger partial charge on any atom is 0.312 e. The number of nitrogens with two attached hydrogens (primary N) is 1. The van der Waals surface area contributed by atoms with Crippen LogP contribution >= 0.6 is 22.6 Å². The lowest BCUT2D eigenvalue weighted by molar-refractivity contribution is -0.386. The molecule has 13 heteroatoms. The first-order chi connectivity index (χ1) is 15.3. The number of primary amides is 1. The third-order valence-electron chi connectivity index (χ3n) is 6.72. The molecule has 0 bridgehead atoms. The third-order valence-corrected chi connectivity index (χ3v) is 7.61. The largest absolute Gasteiger partial charge is 0.508 e. The highest BCUT2D eigenvalue weighted by Gasteiger charge is 2.65. The van der Waals surface area contributed by atoms with Gasteiger partial charge in [0.15, 0.2) is 11.4 Å². The summed E-state index contributed by atoms with van der Waals surface area (Å²) in [5.41, 5.74) is -0.372. The lowest BCUT2D eigenvalue weighted by atomic mass is 9.55. The van der Waals surface area contributed by atoms with Crippen LogP contribution in [0.2, 0.25) is 0 Å². The van der Waals surface area contributed by atoms with Gasteiger partial charge in [-0.05, 0) is 34.1 Å². The molecule has 12 nitrogen and oxygen atoms in total. The number of phenols is 1. The molecule has 0 radical (unpaired) electrons. The maximum atomic E-state index is 13.5. The summed E-state index contributed by atoms with van der Waals surface area (Å²) < 4.78 is 0.268. The number of nitro groups is 1. The van der Waals surface area contributed by atoms with Crippen molar-refractivity contribution in [2.45, 2.75) is 31.0 Å². The van der Waals surface area contributed by atoms with Gasteiger partial charge in [-0.25, -0.2) is 0 Å². The first kappa shape index (κ1) is 23.1. The van der Waals surface area contributed by atoms with E-state index in [4.69, 9.17) is 5.73 Å². The Labute approximate surface area is 198 Å². The van der Waals surface area contributed by atoms with Gasteiger partial charge in [-0.3, -0.25) is 24.5 Å². The van der Waals surface area contributed by atoms with E-state index >= 15 is 0 Å². The number of Topliss-reactive ketones (excluding diaryl/α,β-unsaturated/α-hetero) is 2. The van der Waals surface area contributed by atoms with Crippen molar-refractivity contribution >= 4 is 51.5 Å². The van der Waals surface area contributed by atoms with Crippen LogP contribution in [0.5, 0.6) is 5.75 Å². The number of aliphatic hydroxyl groups is 4. The van der Waals surface area contributed by atoms with Crippen LogP contribution < -0.4 is 5.73 Å². The van der Waals surface area contributed by atoms with Crippen molar-refractivity contribution in [1.29, 1.82) is 0 Å². The molecule has 0 unspecified atom stereocenters. The Bertz CT molecular complexity index is 1250. The second kappa shape index (κ2) is 7.23. The van der Waals surface area contributed by atoms with E-state index in [0.29, 0.717) is 0 Å². The number of hydrogen-bond donors (Lipinski definition) is 6. The first-order valence-corrected chi connectivity index (χ1v) is 10.7. The molecule has 3 aliphatic carbocycles.